The summed E-state index contributed by atoms with van der Waals surface area (Å²) in [6.45, 7) is 4.83. The Balaban J connectivity index is 3.27. The molecule has 54 valence electrons. The minimum atomic E-state index is 0.755. The minimum Gasteiger partial charge on any atom is -0.279 e. The Morgan fingerprint density at radius 1 is 1.67 bits per heavy atom. The van der Waals surface area contributed by atoms with Crippen LogP contribution in [0.3, 0.4) is 0 Å². The van der Waals surface area contributed by atoms with Crippen LogP contribution in [0, 0.1) is 0 Å². The standard InChI is InChI=1S/C6H12ClNS/c1-3-4-5-8(7)6(2)9/h3-5H2,1-2H3. The molecule has 0 N–H and O–H groups in total. The highest BCUT2D eigenvalue weighted by atomic mass is 35.5. The third kappa shape index (κ3) is 4.67. The first kappa shape index (κ1) is 9.18. The molecule has 0 heterocycles. The number of rotatable bonds is 3. The van der Waals surface area contributed by atoms with Crippen molar-refractivity contribution in [3.05, 3.63) is 0 Å². The molecule has 0 aliphatic heterocycles. The highest BCUT2D eigenvalue weighted by molar-refractivity contribution is 7.80. The molecule has 3 heteroatoms. The van der Waals surface area contributed by atoms with Gasteiger partial charge in [0.2, 0.25) is 0 Å². The van der Waals surface area contributed by atoms with Crippen LogP contribution in [-0.2, 0) is 0 Å². The quantitative estimate of drug-likeness (QED) is 0.467. The van der Waals surface area contributed by atoms with Crippen molar-refractivity contribution in [1.82, 2.24) is 4.42 Å². The fraction of sp³-hybridized carbons (Fsp3) is 0.833. The van der Waals surface area contributed by atoms with Crippen molar-refractivity contribution in [1.29, 1.82) is 0 Å². The summed E-state index contributed by atoms with van der Waals surface area (Å²) < 4.78 is 1.58. The van der Waals surface area contributed by atoms with Gasteiger partial charge in [-0.25, -0.2) is 0 Å². The van der Waals surface area contributed by atoms with Crippen LogP contribution >= 0.6 is 24.0 Å². The van der Waals surface area contributed by atoms with E-state index < -0.39 is 0 Å². The van der Waals surface area contributed by atoms with Crippen LogP contribution < -0.4 is 0 Å². The molecule has 0 bridgehead atoms. The molecule has 0 radical (unpaired) electrons. The number of hydrogen-bond acceptors (Lipinski definition) is 1. The van der Waals surface area contributed by atoms with E-state index in [0.717, 1.165) is 24.4 Å². The Bertz CT molecular complexity index is 95.1. The van der Waals surface area contributed by atoms with Gasteiger partial charge in [-0.3, -0.25) is 4.42 Å². The van der Waals surface area contributed by atoms with Crippen molar-refractivity contribution >= 4 is 29.0 Å². The first-order chi connectivity index (χ1) is 4.18. The smallest absolute Gasteiger partial charge is 0.0895 e. The van der Waals surface area contributed by atoms with Gasteiger partial charge in [-0.2, -0.15) is 0 Å². The van der Waals surface area contributed by atoms with E-state index in [2.05, 4.69) is 6.92 Å². The minimum absolute atomic E-state index is 0.755. The summed E-state index contributed by atoms with van der Waals surface area (Å²) in [6.07, 6.45) is 2.27. The van der Waals surface area contributed by atoms with Gasteiger partial charge in [0.15, 0.2) is 0 Å². The Morgan fingerprint density at radius 2 is 2.22 bits per heavy atom. The maximum Gasteiger partial charge on any atom is 0.0895 e. The third-order valence-corrected chi connectivity index (χ3v) is 1.79. The van der Waals surface area contributed by atoms with Crippen LogP contribution in [0.15, 0.2) is 0 Å². The predicted octanol–water partition coefficient (Wildman–Crippen LogP) is 2.59. The molecule has 9 heavy (non-hydrogen) atoms. The summed E-state index contributed by atoms with van der Waals surface area (Å²) in [5, 5.41) is 0. The largest absolute Gasteiger partial charge is 0.279 e. The normalized spacial score (nSPS) is 9.22. The van der Waals surface area contributed by atoms with Gasteiger partial charge in [-0.05, 0) is 13.3 Å². The van der Waals surface area contributed by atoms with Gasteiger partial charge in [0.05, 0.1) is 4.99 Å². The van der Waals surface area contributed by atoms with E-state index in [9.17, 15) is 0 Å². The lowest BCUT2D eigenvalue weighted by Gasteiger charge is -2.11. The van der Waals surface area contributed by atoms with Gasteiger partial charge in [-0.15, -0.1) is 0 Å². The molecule has 0 aliphatic carbocycles. The Morgan fingerprint density at radius 3 is 2.56 bits per heavy atom. The molecule has 0 saturated heterocycles. The van der Waals surface area contributed by atoms with Crippen molar-refractivity contribution in [2.24, 2.45) is 0 Å². The number of nitrogens with zero attached hydrogens (tertiary/aromatic N) is 1. The summed E-state index contributed by atoms with van der Waals surface area (Å²) in [6, 6.07) is 0. The summed E-state index contributed by atoms with van der Waals surface area (Å²) in [4.78, 5) is 0.755. The Labute approximate surface area is 67.1 Å². The molecule has 0 aromatic carbocycles. The molecule has 0 aromatic rings. The monoisotopic (exact) mass is 165 g/mol. The van der Waals surface area contributed by atoms with Crippen molar-refractivity contribution in [2.45, 2.75) is 26.7 Å². The third-order valence-electron chi connectivity index (χ3n) is 1.05. The summed E-state index contributed by atoms with van der Waals surface area (Å²) >= 11 is 10.5. The molecular formula is C6H12ClNS. The van der Waals surface area contributed by atoms with Gasteiger partial charge in [0.25, 0.3) is 0 Å². The van der Waals surface area contributed by atoms with Crippen LogP contribution in [0.2, 0.25) is 0 Å². The first-order valence-electron chi connectivity index (χ1n) is 3.12. The average molecular weight is 166 g/mol. The van der Waals surface area contributed by atoms with Crippen LogP contribution in [0.4, 0.5) is 0 Å². The van der Waals surface area contributed by atoms with Gasteiger partial charge < -0.3 is 0 Å². The fourth-order valence-electron chi connectivity index (χ4n) is 0.454. The topological polar surface area (TPSA) is 3.24 Å². The van der Waals surface area contributed by atoms with E-state index in [1.807, 2.05) is 6.92 Å². The number of hydrogen-bond donors (Lipinski definition) is 0. The van der Waals surface area contributed by atoms with Gasteiger partial charge in [0.1, 0.15) is 0 Å². The second kappa shape index (κ2) is 5.00. The molecule has 0 rings (SSSR count). The van der Waals surface area contributed by atoms with Crippen LogP contribution in [-0.4, -0.2) is 16.0 Å². The molecule has 0 aromatic heterocycles. The van der Waals surface area contributed by atoms with E-state index in [-0.39, 0.29) is 0 Å². The lowest BCUT2D eigenvalue weighted by Crippen LogP contribution is -2.17. The summed E-state index contributed by atoms with van der Waals surface area (Å²) in [7, 11) is 0. The van der Waals surface area contributed by atoms with E-state index >= 15 is 0 Å². The molecule has 1 nitrogen and oxygen atoms in total. The second-order valence-electron chi connectivity index (χ2n) is 1.96. The molecule has 0 spiro atoms. The zero-order chi connectivity index (χ0) is 7.28. The summed E-state index contributed by atoms with van der Waals surface area (Å²) in [5.41, 5.74) is 0. The van der Waals surface area contributed by atoms with E-state index in [1.165, 1.54) is 0 Å². The maximum atomic E-state index is 5.69. The van der Waals surface area contributed by atoms with Gasteiger partial charge >= 0.3 is 0 Å². The SMILES string of the molecule is CCCCN(Cl)C(C)=S. The molecule has 0 unspecified atom stereocenters. The zero-order valence-electron chi connectivity index (χ0n) is 5.85. The van der Waals surface area contributed by atoms with Crippen LogP contribution in [0.5, 0.6) is 0 Å². The van der Waals surface area contributed by atoms with Crippen molar-refractivity contribution in [2.75, 3.05) is 6.54 Å². The fourth-order valence-corrected chi connectivity index (χ4v) is 0.665. The van der Waals surface area contributed by atoms with Crippen LogP contribution in [0.1, 0.15) is 26.7 Å². The maximum absolute atomic E-state index is 5.69. The molecular weight excluding hydrogens is 154 g/mol. The lowest BCUT2D eigenvalue weighted by molar-refractivity contribution is 0.609. The van der Waals surface area contributed by atoms with E-state index in [1.54, 1.807) is 4.42 Å². The van der Waals surface area contributed by atoms with Crippen LogP contribution in [0.25, 0.3) is 0 Å². The van der Waals surface area contributed by atoms with Crippen molar-refractivity contribution in [3.8, 4) is 0 Å². The Hall–Kier alpha value is 0.180. The second-order valence-corrected chi connectivity index (χ2v) is 2.96. The number of halogens is 1. The zero-order valence-corrected chi connectivity index (χ0v) is 7.43. The lowest BCUT2D eigenvalue weighted by atomic mass is 10.3. The average Bonchev–Trinajstić information content (AvgIpc) is 1.82. The molecule has 0 atom stereocenters. The van der Waals surface area contributed by atoms with Crippen molar-refractivity contribution in [3.63, 3.8) is 0 Å². The molecule has 0 fully saturated rings. The molecule has 0 saturated carbocycles. The van der Waals surface area contributed by atoms with Gasteiger partial charge in [-0.1, -0.05) is 25.6 Å². The van der Waals surface area contributed by atoms with Gasteiger partial charge in [0, 0.05) is 18.3 Å². The first-order valence-corrected chi connectivity index (χ1v) is 3.87. The highest BCUT2D eigenvalue weighted by Gasteiger charge is 1.97. The van der Waals surface area contributed by atoms with Crippen molar-refractivity contribution < 1.29 is 0 Å². The molecule has 0 amide bonds. The predicted molar refractivity (Wildman–Crippen MR) is 45.7 cm³/mol. The highest BCUT2D eigenvalue weighted by Crippen LogP contribution is 1.99. The Kier molecular flexibility index (Phi) is 5.10. The number of unbranched alkanes of at least 4 members (excludes halogenated alkanes) is 1. The van der Waals surface area contributed by atoms with E-state index in [0.29, 0.717) is 0 Å². The summed E-state index contributed by atoms with van der Waals surface area (Å²) in [5.74, 6) is 0. The number of thiocarbonyl (C=S) groups is 1. The molecule has 0 aliphatic rings. The van der Waals surface area contributed by atoms with E-state index in [4.69, 9.17) is 24.0 Å².